The molecule has 26 heavy (non-hydrogen) atoms. The molecule has 0 atom stereocenters. The Morgan fingerprint density at radius 3 is 2.31 bits per heavy atom. The molecule has 140 valence electrons. The quantitative estimate of drug-likeness (QED) is 0.555. The highest BCUT2D eigenvalue weighted by Gasteiger charge is 2.11. The van der Waals surface area contributed by atoms with Gasteiger partial charge < -0.3 is 10.6 Å². The van der Waals surface area contributed by atoms with Gasteiger partial charge in [-0.3, -0.25) is 4.99 Å². The summed E-state index contributed by atoms with van der Waals surface area (Å²) in [6.45, 7) is 5.11. The molecule has 0 aliphatic heterocycles. The minimum atomic E-state index is -3.19. The van der Waals surface area contributed by atoms with Crippen LogP contribution < -0.4 is 10.6 Å². The van der Waals surface area contributed by atoms with Gasteiger partial charge in [-0.15, -0.1) is 0 Å². The number of benzene rings is 2. The van der Waals surface area contributed by atoms with E-state index in [1.165, 1.54) is 17.4 Å². The van der Waals surface area contributed by atoms with E-state index in [-0.39, 0.29) is 0 Å². The Bertz CT molecular complexity index is 924. The Morgan fingerprint density at radius 1 is 1.04 bits per heavy atom. The Balaban J connectivity index is 1.98. The molecule has 7 heteroatoms. The number of guanidine groups is 1. The standard InChI is InChI=1S/C19H24BrN3O2S/c1-13-10-17(20)7-6-16(13)12-23-19(21-3)22-11-15-5-8-18(14(2)9-15)26(4,24)25/h5-10H,11-12H2,1-4H3,(H2,21,22,23). The molecule has 0 aliphatic carbocycles. The van der Waals surface area contributed by atoms with Crippen LogP contribution in [0.15, 0.2) is 50.8 Å². The van der Waals surface area contributed by atoms with Gasteiger partial charge in [0.1, 0.15) is 0 Å². The van der Waals surface area contributed by atoms with Gasteiger partial charge in [0.2, 0.25) is 0 Å². The minimum absolute atomic E-state index is 0.370. The third-order valence-corrected chi connectivity index (χ3v) is 5.82. The van der Waals surface area contributed by atoms with Gasteiger partial charge in [0.15, 0.2) is 15.8 Å². The topological polar surface area (TPSA) is 70.6 Å². The van der Waals surface area contributed by atoms with Crippen LogP contribution in [0.1, 0.15) is 22.3 Å². The van der Waals surface area contributed by atoms with Crippen molar-refractivity contribution >= 4 is 31.7 Å². The second kappa shape index (κ2) is 8.68. The second-order valence-electron chi connectivity index (χ2n) is 6.22. The SMILES string of the molecule is CN=C(NCc1ccc(S(C)(=O)=O)c(C)c1)NCc1ccc(Br)cc1C. The molecule has 0 unspecified atom stereocenters. The maximum Gasteiger partial charge on any atom is 0.191 e. The minimum Gasteiger partial charge on any atom is -0.352 e. The van der Waals surface area contributed by atoms with E-state index < -0.39 is 9.84 Å². The molecule has 2 aromatic carbocycles. The predicted octanol–water partition coefficient (Wildman–Crippen LogP) is 3.33. The number of nitrogens with one attached hydrogen (secondary N) is 2. The van der Waals surface area contributed by atoms with Crippen LogP contribution in [-0.2, 0) is 22.9 Å². The van der Waals surface area contributed by atoms with Gasteiger partial charge in [0.25, 0.3) is 0 Å². The molecule has 5 nitrogen and oxygen atoms in total. The van der Waals surface area contributed by atoms with Gasteiger partial charge >= 0.3 is 0 Å². The van der Waals surface area contributed by atoms with Crippen LogP contribution in [0.2, 0.25) is 0 Å². The van der Waals surface area contributed by atoms with Crippen molar-refractivity contribution in [2.45, 2.75) is 31.8 Å². The number of hydrogen-bond donors (Lipinski definition) is 2. The molecule has 2 N–H and O–H groups in total. The summed E-state index contributed by atoms with van der Waals surface area (Å²) in [5.41, 5.74) is 4.15. The van der Waals surface area contributed by atoms with Gasteiger partial charge in [0.05, 0.1) is 4.90 Å². The molecule has 2 rings (SSSR count). The number of rotatable bonds is 5. The zero-order valence-electron chi connectivity index (χ0n) is 15.4. The van der Waals surface area contributed by atoms with E-state index >= 15 is 0 Å². The van der Waals surface area contributed by atoms with Crippen molar-refractivity contribution in [1.82, 2.24) is 10.6 Å². The van der Waals surface area contributed by atoms with E-state index in [9.17, 15) is 8.42 Å². The third-order valence-electron chi connectivity index (χ3n) is 4.07. The van der Waals surface area contributed by atoms with Crippen molar-refractivity contribution in [2.24, 2.45) is 4.99 Å². The number of aryl methyl sites for hydroxylation is 2. The predicted molar refractivity (Wildman–Crippen MR) is 110 cm³/mol. The highest BCUT2D eigenvalue weighted by molar-refractivity contribution is 9.10. The van der Waals surface area contributed by atoms with Crippen LogP contribution in [0.5, 0.6) is 0 Å². The monoisotopic (exact) mass is 437 g/mol. The molecule has 0 amide bonds. The number of aliphatic imine (C=N–C) groups is 1. The molecule has 0 saturated heterocycles. The van der Waals surface area contributed by atoms with Crippen LogP contribution in [-0.4, -0.2) is 27.7 Å². The van der Waals surface area contributed by atoms with Crippen molar-refractivity contribution in [3.63, 3.8) is 0 Å². The van der Waals surface area contributed by atoms with Crippen molar-refractivity contribution in [3.8, 4) is 0 Å². The van der Waals surface area contributed by atoms with Crippen LogP contribution in [0.3, 0.4) is 0 Å². The normalized spacial score (nSPS) is 12.1. The smallest absolute Gasteiger partial charge is 0.191 e. The van der Waals surface area contributed by atoms with Gasteiger partial charge in [-0.25, -0.2) is 8.42 Å². The van der Waals surface area contributed by atoms with Crippen molar-refractivity contribution in [1.29, 1.82) is 0 Å². The van der Waals surface area contributed by atoms with Crippen molar-refractivity contribution in [3.05, 3.63) is 63.1 Å². The van der Waals surface area contributed by atoms with Crippen LogP contribution in [0, 0.1) is 13.8 Å². The maximum atomic E-state index is 11.7. The molecule has 0 aromatic heterocycles. The van der Waals surface area contributed by atoms with Gasteiger partial charge in [0, 0.05) is 30.9 Å². The summed E-state index contributed by atoms with van der Waals surface area (Å²) in [6.07, 6.45) is 1.23. The molecule has 0 radical (unpaired) electrons. The van der Waals surface area contributed by atoms with Gasteiger partial charge in [-0.1, -0.05) is 34.1 Å². The summed E-state index contributed by atoms with van der Waals surface area (Å²) < 4.78 is 24.5. The molecule has 0 saturated carbocycles. The first-order valence-corrected chi connectivity index (χ1v) is 10.9. The van der Waals surface area contributed by atoms with Gasteiger partial charge in [-0.2, -0.15) is 0 Å². The number of halogens is 1. The summed E-state index contributed by atoms with van der Waals surface area (Å²) >= 11 is 3.47. The lowest BCUT2D eigenvalue weighted by molar-refractivity contribution is 0.601. The molecule has 0 spiro atoms. The summed E-state index contributed by atoms with van der Waals surface area (Å²) in [4.78, 5) is 4.60. The van der Waals surface area contributed by atoms with Crippen LogP contribution in [0.25, 0.3) is 0 Å². The number of nitrogens with zero attached hydrogens (tertiary/aromatic N) is 1. The number of hydrogen-bond acceptors (Lipinski definition) is 3. The molecular weight excluding hydrogens is 414 g/mol. The van der Waals surface area contributed by atoms with E-state index in [0.29, 0.717) is 23.9 Å². The summed E-state index contributed by atoms with van der Waals surface area (Å²) in [5, 5.41) is 6.55. The van der Waals surface area contributed by atoms with E-state index in [1.54, 1.807) is 13.1 Å². The molecule has 0 aliphatic rings. The Hall–Kier alpha value is -1.86. The molecular formula is C19H24BrN3O2S. The van der Waals surface area contributed by atoms with Crippen molar-refractivity contribution in [2.75, 3.05) is 13.3 Å². The fourth-order valence-electron chi connectivity index (χ4n) is 2.68. The summed E-state index contributed by atoms with van der Waals surface area (Å²) in [6, 6.07) is 11.5. The largest absolute Gasteiger partial charge is 0.352 e. The fraction of sp³-hybridized carbons (Fsp3) is 0.316. The second-order valence-corrected chi connectivity index (χ2v) is 9.12. The first kappa shape index (κ1) is 20.5. The maximum absolute atomic E-state index is 11.7. The van der Waals surface area contributed by atoms with Crippen LogP contribution >= 0.6 is 15.9 Å². The fourth-order valence-corrected chi connectivity index (χ4v) is 4.12. The van der Waals surface area contributed by atoms with E-state index in [1.807, 2.05) is 25.1 Å². The van der Waals surface area contributed by atoms with E-state index in [0.717, 1.165) is 15.6 Å². The summed E-state index contributed by atoms with van der Waals surface area (Å²) in [5.74, 6) is 0.692. The van der Waals surface area contributed by atoms with E-state index in [4.69, 9.17) is 0 Å². The highest BCUT2D eigenvalue weighted by atomic mass is 79.9. The Morgan fingerprint density at radius 2 is 1.73 bits per heavy atom. The zero-order chi connectivity index (χ0) is 19.3. The average molecular weight is 438 g/mol. The number of sulfone groups is 1. The Labute approximate surface area is 164 Å². The highest BCUT2D eigenvalue weighted by Crippen LogP contribution is 2.17. The Kier molecular flexibility index (Phi) is 6.83. The van der Waals surface area contributed by atoms with Gasteiger partial charge in [-0.05, 0) is 54.3 Å². The van der Waals surface area contributed by atoms with E-state index in [2.05, 4.69) is 50.6 Å². The zero-order valence-corrected chi connectivity index (χ0v) is 17.8. The molecule has 0 heterocycles. The first-order valence-electron chi connectivity index (χ1n) is 8.20. The third kappa shape index (κ3) is 5.57. The van der Waals surface area contributed by atoms with Crippen LogP contribution in [0.4, 0.5) is 0 Å². The molecule has 0 bridgehead atoms. The lowest BCUT2D eigenvalue weighted by Crippen LogP contribution is -2.36. The van der Waals surface area contributed by atoms with Crippen molar-refractivity contribution < 1.29 is 8.42 Å². The molecule has 0 fully saturated rings. The lowest BCUT2D eigenvalue weighted by atomic mass is 10.1. The lowest BCUT2D eigenvalue weighted by Gasteiger charge is -2.14. The average Bonchev–Trinajstić information content (AvgIpc) is 2.55. The molecule has 2 aromatic rings. The summed E-state index contributed by atoms with van der Waals surface area (Å²) in [7, 11) is -1.47. The first-order chi connectivity index (χ1) is 12.2.